The molecule has 0 unspecified atom stereocenters. The van der Waals surface area contributed by atoms with Gasteiger partial charge >= 0.3 is 6.23 Å². The Morgan fingerprint density at radius 1 is 1.50 bits per heavy atom. The van der Waals surface area contributed by atoms with E-state index in [1.54, 1.807) is 0 Å². The monoisotopic (exact) mass is 258 g/mol. The average molecular weight is 258 g/mol. The molecular weight excluding hydrogens is 244 g/mol. The third-order valence-corrected chi connectivity index (χ3v) is 2.79. The number of aliphatic hydroxyl groups is 3. The predicted molar refractivity (Wildman–Crippen MR) is 53.4 cm³/mol. The summed E-state index contributed by atoms with van der Waals surface area (Å²) in [5.74, 6) is -0.546. The number of nitrogens with zero attached hydrogens (tertiary/aromatic N) is 2. The molecule has 1 aliphatic rings. The van der Waals surface area contributed by atoms with Gasteiger partial charge in [-0.05, 0) is 5.10 Å². The highest BCUT2D eigenvalue weighted by Crippen LogP contribution is 2.25. The minimum Gasteiger partial charge on any atom is -0.852 e. The Bertz CT molecular complexity index is 429. The van der Waals surface area contributed by atoms with Crippen molar-refractivity contribution in [3.8, 4) is 11.6 Å². The lowest BCUT2D eigenvalue weighted by molar-refractivity contribution is -0.817. The van der Waals surface area contributed by atoms with Crippen LogP contribution in [0.2, 0.25) is 0 Å². The first kappa shape index (κ1) is 13.0. The molecule has 0 spiro atoms. The van der Waals surface area contributed by atoms with Crippen LogP contribution in [0, 0.1) is 0 Å². The van der Waals surface area contributed by atoms with Gasteiger partial charge in [-0.25, -0.2) is 0 Å². The van der Waals surface area contributed by atoms with E-state index in [-0.39, 0.29) is 5.75 Å². The van der Waals surface area contributed by atoms with E-state index in [9.17, 15) is 15.3 Å². The number of aliphatic hydroxyl groups excluding tert-OH is 3. The summed E-state index contributed by atoms with van der Waals surface area (Å²) in [6, 6.07) is 1.38. The zero-order valence-corrected chi connectivity index (χ0v) is 9.63. The lowest BCUT2D eigenvalue weighted by atomic mass is 10.1. The Morgan fingerprint density at radius 2 is 2.22 bits per heavy atom. The number of hydrogen-bond donors (Lipinski definition) is 3. The molecular formula is C10H14N2O6. The standard InChI is InChI=1S/C10H14N2O6/c1-17-5-2-3-12(11-9(5)16)10-8(15)7(14)6(4-13)18-10/h2-3,6-8,10,13-15H,4H2,1H3/t6-,7-,8-,10-/m1/s1. The van der Waals surface area contributed by atoms with Gasteiger partial charge in [0.2, 0.25) is 6.20 Å². The fourth-order valence-corrected chi connectivity index (χ4v) is 1.80. The first-order chi connectivity index (χ1) is 8.58. The number of hydrogen-bond acceptors (Lipinski definition) is 7. The van der Waals surface area contributed by atoms with Gasteiger partial charge in [-0.1, -0.05) is 4.68 Å². The number of aromatic nitrogens is 2. The van der Waals surface area contributed by atoms with Crippen molar-refractivity contribution in [2.45, 2.75) is 24.5 Å². The summed E-state index contributed by atoms with van der Waals surface area (Å²) in [7, 11) is 1.34. The van der Waals surface area contributed by atoms with Crippen LogP contribution in [0.5, 0.6) is 11.6 Å². The Morgan fingerprint density at radius 3 is 2.72 bits per heavy atom. The molecule has 1 aliphatic heterocycles. The average Bonchev–Trinajstić information content (AvgIpc) is 2.66. The molecule has 1 aromatic rings. The molecule has 3 N–H and O–H groups in total. The summed E-state index contributed by atoms with van der Waals surface area (Å²) in [6.07, 6.45) is -3.04. The van der Waals surface area contributed by atoms with Crippen LogP contribution >= 0.6 is 0 Å². The lowest BCUT2D eigenvalue weighted by Gasteiger charge is -2.11. The van der Waals surface area contributed by atoms with Gasteiger partial charge in [0.1, 0.15) is 23.8 Å². The highest BCUT2D eigenvalue weighted by molar-refractivity contribution is 5.26. The first-order valence-corrected chi connectivity index (χ1v) is 5.34. The fourth-order valence-electron chi connectivity index (χ4n) is 1.80. The van der Waals surface area contributed by atoms with Crippen molar-refractivity contribution in [2.24, 2.45) is 0 Å². The van der Waals surface area contributed by atoms with Gasteiger partial charge in [-0.2, -0.15) is 0 Å². The Balaban J connectivity index is 2.24. The molecule has 1 aromatic heterocycles. The molecule has 100 valence electrons. The van der Waals surface area contributed by atoms with Crippen LogP contribution in [0.25, 0.3) is 0 Å². The topological polar surface area (TPSA) is 119 Å². The zero-order chi connectivity index (χ0) is 13.3. The van der Waals surface area contributed by atoms with Crippen LogP contribution in [0.3, 0.4) is 0 Å². The number of rotatable bonds is 3. The molecule has 0 amide bonds. The summed E-state index contributed by atoms with van der Waals surface area (Å²) < 4.78 is 11.1. The van der Waals surface area contributed by atoms with Gasteiger partial charge in [0.15, 0.2) is 6.10 Å². The van der Waals surface area contributed by atoms with E-state index in [1.807, 2.05) is 0 Å². The van der Waals surface area contributed by atoms with Gasteiger partial charge in [0, 0.05) is 6.07 Å². The molecule has 2 heterocycles. The molecule has 18 heavy (non-hydrogen) atoms. The first-order valence-electron chi connectivity index (χ1n) is 5.34. The van der Waals surface area contributed by atoms with Crippen LogP contribution in [-0.2, 0) is 4.74 Å². The Kier molecular flexibility index (Phi) is 3.62. The smallest absolute Gasteiger partial charge is 0.317 e. The lowest BCUT2D eigenvalue weighted by Crippen LogP contribution is -2.49. The Labute approximate surface area is 103 Å². The van der Waals surface area contributed by atoms with Gasteiger partial charge < -0.3 is 29.9 Å². The van der Waals surface area contributed by atoms with Crippen LogP contribution in [0.4, 0.5) is 0 Å². The van der Waals surface area contributed by atoms with Crippen LogP contribution < -0.4 is 14.5 Å². The molecule has 8 nitrogen and oxygen atoms in total. The van der Waals surface area contributed by atoms with Crippen LogP contribution in [-0.4, -0.2) is 52.4 Å². The molecule has 2 rings (SSSR count). The molecule has 0 aliphatic carbocycles. The van der Waals surface area contributed by atoms with Gasteiger partial charge in [-0.15, -0.1) is 0 Å². The van der Waals surface area contributed by atoms with Gasteiger partial charge in [0.25, 0.3) is 0 Å². The largest absolute Gasteiger partial charge is 0.852 e. The summed E-state index contributed by atoms with van der Waals surface area (Å²) in [5, 5.41) is 43.4. The third kappa shape index (κ3) is 2.10. The summed E-state index contributed by atoms with van der Waals surface area (Å²) in [6.45, 7) is -0.435. The highest BCUT2D eigenvalue weighted by Gasteiger charge is 2.49. The minimum atomic E-state index is -1.27. The van der Waals surface area contributed by atoms with Crippen LogP contribution in [0.15, 0.2) is 12.3 Å². The quantitative estimate of drug-likeness (QED) is 0.496. The van der Waals surface area contributed by atoms with Gasteiger partial charge in [-0.3, -0.25) is 0 Å². The molecule has 8 heteroatoms. The van der Waals surface area contributed by atoms with Crippen molar-refractivity contribution in [2.75, 3.05) is 13.7 Å². The number of methoxy groups -OCH3 is 1. The summed E-state index contributed by atoms with van der Waals surface area (Å²) in [5.41, 5.74) is 0. The van der Waals surface area contributed by atoms with E-state index in [1.165, 1.54) is 19.4 Å². The number of ether oxygens (including phenoxy) is 2. The van der Waals surface area contributed by atoms with Crippen LogP contribution in [0.1, 0.15) is 6.23 Å². The van der Waals surface area contributed by atoms with Crippen molar-refractivity contribution in [3.63, 3.8) is 0 Å². The Hall–Kier alpha value is -1.48. The zero-order valence-electron chi connectivity index (χ0n) is 9.63. The third-order valence-electron chi connectivity index (χ3n) is 2.79. The van der Waals surface area contributed by atoms with Crippen molar-refractivity contribution >= 4 is 0 Å². The SMILES string of the molecule is COc1cc[n+]([C@@H]2O[C@H](CO)[C@@H](O)[C@H]2O)nc1[O-]. The second-order valence-electron chi connectivity index (χ2n) is 3.90. The molecule has 0 saturated carbocycles. The fraction of sp³-hybridized carbons (Fsp3) is 0.600. The van der Waals surface area contributed by atoms with E-state index in [0.29, 0.717) is 0 Å². The van der Waals surface area contributed by atoms with Crippen molar-refractivity contribution < 1.29 is 34.6 Å². The summed E-state index contributed by atoms with van der Waals surface area (Å²) >= 11 is 0. The van der Waals surface area contributed by atoms with Crippen molar-refractivity contribution in [1.82, 2.24) is 5.10 Å². The normalized spacial score (nSPS) is 31.6. The maximum Gasteiger partial charge on any atom is 0.317 e. The molecule has 0 aromatic carbocycles. The second-order valence-corrected chi connectivity index (χ2v) is 3.90. The predicted octanol–water partition coefficient (Wildman–Crippen LogP) is -2.94. The van der Waals surface area contributed by atoms with E-state index >= 15 is 0 Å². The summed E-state index contributed by atoms with van der Waals surface area (Å²) in [4.78, 5) is 0. The van der Waals surface area contributed by atoms with Gasteiger partial charge in [0.05, 0.1) is 13.7 Å². The highest BCUT2D eigenvalue weighted by atomic mass is 16.6. The van der Waals surface area contributed by atoms with E-state index < -0.39 is 37.0 Å². The molecule has 0 bridgehead atoms. The van der Waals surface area contributed by atoms with E-state index in [2.05, 4.69) is 5.10 Å². The molecule has 0 radical (unpaired) electrons. The molecule has 1 saturated heterocycles. The maximum atomic E-state index is 11.5. The van der Waals surface area contributed by atoms with Crippen molar-refractivity contribution in [3.05, 3.63) is 12.3 Å². The molecule has 4 atom stereocenters. The minimum absolute atomic E-state index is 0.0676. The second kappa shape index (κ2) is 5.02. The van der Waals surface area contributed by atoms with Crippen molar-refractivity contribution in [1.29, 1.82) is 0 Å². The van der Waals surface area contributed by atoms with E-state index in [4.69, 9.17) is 14.6 Å². The maximum absolute atomic E-state index is 11.5. The van der Waals surface area contributed by atoms with E-state index in [0.717, 1.165) is 4.68 Å². The molecule has 1 fully saturated rings.